The van der Waals surface area contributed by atoms with Crippen LogP contribution in [0.2, 0.25) is 0 Å². The molecule has 0 spiro atoms. The first-order chi connectivity index (χ1) is 11.7. The fourth-order valence-corrected chi connectivity index (χ4v) is 2.30. The zero-order valence-corrected chi connectivity index (χ0v) is 14.3. The van der Waals surface area contributed by atoms with Gasteiger partial charge in [-0.25, -0.2) is 9.18 Å². The van der Waals surface area contributed by atoms with Crippen molar-refractivity contribution < 1.29 is 23.8 Å². The lowest BCUT2D eigenvalue weighted by Gasteiger charge is -2.25. The number of aliphatic carboxylic acids is 1. The zero-order valence-electron chi connectivity index (χ0n) is 14.3. The van der Waals surface area contributed by atoms with Crippen LogP contribution in [0.3, 0.4) is 0 Å². The zero-order chi connectivity index (χ0) is 18.6. The number of hydrogen-bond donors (Lipinski definition) is 2. The quantitative estimate of drug-likeness (QED) is 0.840. The molecule has 0 atom stereocenters. The molecule has 0 aromatic heterocycles. The highest BCUT2D eigenvalue weighted by molar-refractivity contribution is 5.99. The summed E-state index contributed by atoms with van der Waals surface area (Å²) in [4.78, 5) is 23.2. The van der Waals surface area contributed by atoms with Crippen LogP contribution in [0, 0.1) is 12.7 Å². The van der Waals surface area contributed by atoms with Crippen molar-refractivity contribution in [3.63, 3.8) is 0 Å². The monoisotopic (exact) mass is 345 g/mol. The van der Waals surface area contributed by atoms with Crippen LogP contribution in [-0.2, 0) is 15.0 Å². The number of amides is 1. The minimum absolute atomic E-state index is 0.277. The van der Waals surface area contributed by atoms with Gasteiger partial charge in [0.1, 0.15) is 11.6 Å². The number of anilines is 1. The van der Waals surface area contributed by atoms with E-state index in [0.29, 0.717) is 17.0 Å². The first-order valence-corrected chi connectivity index (χ1v) is 7.73. The SMILES string of the molecule is Cc1cc(OCC(=O)O)ccc1NC(=O)C(C)(C)c1cccc(F)c1. The van der Waals surface area contributed by atoms with Gasteiger partial charge in [-0.2, -0.15) is 0 Å². The van der Waals surface area contributed by atoms with E-state index in [2.05, 4.69) is 5.32 Å². The van der Waals surface area contributed by atoms with Gasteiger partial charge in [0.2, 0.25) is 5.91 Å². The van der Waals surface area contributed by atoms with Crippen molar-refractivity contribution in [3.05, 3.63) is 59.4 Å². The number of carbonyl (C=O) groups excluding carboxylic acids is 1. The van der Waals surface area contributed by atoms with E-state index in [-0.39, 0.29) is 5.91 Å². The van der Waals surface area contributed by atoms with Gasteiger partial charge in [0.05, 0.1) is 5.41 Å². The van der Waals surface area contributed by atoms with E-state index in [4.69, 9.17) is 9.84 Å². The lowest BCUT2D eigenvalue weighted by molar-refractivity contribution is -0.139. The molecule has 2 N–H and O–H groups in total. The number of halogens is 1. The fourth-order valence-electron chi connectivity index (χ4n) is 2.30. The third-order valence-corrected chi connectivity index (χ3v) is 3.92. The highest BCUT2D eigenvalue weighted by Crippen LogP contribution is 2.28. The predicted molar refractivity (Wildman–Crippen MR) is 92.4 cm³/mol. The summed E-state index contributed by atoms with van der Waals surface area (Å²) in [5.74, 6) is -1.33. The number of rotatable bonds is 6. The highest BCUT2D eigenvalue weighted by atomic mass is 19.1. The molecule has 0 fully saturated rings. The van der Waals surface area contributed by atoms with E-state index >= 15 is 0 Å². The summed E-state index contributed by atoms with van der Waals surface area (Å²) in [7, 11) is 0. The van der Waals surface area contributed by atoms with E-state index in [1.54, 1.807) is 51.1 Å². The predicted octanol–water partition coefficient (Wildman–Crippen LogP) is 3.51. The normalized spacial score (nSPS) is 11.0. The first kappa shape index (κ1) is 18.4. The van der Waals surface area contributed by atoms with E-state index < -0.39 is 23.8 Å². The largest absolute Gasteiger partial charge is 0.482 e. The van der Waals surface area contributed by atoms with Crippen LogP contribution < -0.4 is 10.1 Å². The number of nitrogens with one attached hydrogen (secondary N) is 1. The Morgan fingerprint density at radius 2 is 1.92 bits per heavy atom. The van der Waals surface area contributed by atoms with Crippen molar-refractivity contribution in [1.82, 2.24) is 0 Å². The molecule has 132 valence electrons. The Kier molecular flexibility index (Phi) is 5.41. The molecule has 1 amide bonds. The second kappa shape index (κ2) is 7.34. The minimum atomic E-state index is -1.06. The molecular formula is C19H20FNO4. The molecule has 2 aromatic carbocycles. The molecule has 5 nitrogen and oxygen atoms in total. The van der Waals surface area contributed by atoms with Gasteiger partial charge in [-0.1, -0.05) is 12.1 Å². The highest BCUT2D eigenvalue weighted by Gasteiger charge is 2.30. The summed E-state index contributed by atoms with van der Waals surface area (Å²) < 4.78 is 18.5. The standard InChI is InChI=1S/C19H20FNO4/c1-12-9-15(25-11-17(22)23)7-8-16(12)21-18(24)19(2,3)13-5-4-6-14(20)10-13/h4-10H,11H2,1-3H3,(H,21,24)(H,22,23). The van der Waals surface area contributed by atoms with E-state index in [1.165, 1.54) is 12.1 Å². The molecule has 2 rings (SSSR count). The third kappa shape index (κ3) is 4.56. The van der Waals surface area contributed by atoms with Crippen LogP contribution in [0.25, 0.3) is 0 Å². The first-order valence-electron chi connectivity index (χ1n) is 7.73. The van der Waals surface area contributed by atoms with Gasteiger partial charge in [-0.15, -0.1) is 0 Å². The molecule has 25 heavy (non-hydrogen) atoms. The Labute approximate surface area is 145 Å². The molecule has 0 saturated carbocycles. The molecule has 0 unspecified atom stereocenters. The summed E-state index contributed by atoms with van der Waals surface area (Å²) >= 11 is 0. The minimum Gasteiger partial charge on any atom is -0.482 e. The number of carboxylic acids is 1. The maximum absolute atomic E-state index is 13.4. The van der Waals surface area contributed by atoms with Gasteiger partial charge >= 0.3 is 5.97 Å². The summed E-state index contributed by atoms with van der Waals surface area (Å²) in [6.45, 7) is 4.78. The summed E-state index contributed by atoms with van der Waals surface area (Å²) in [6.07, 6.45) is 0. The maximum atomic E-state index is 13.4. The van der Waals surface area contributed by atoms with Gasteiger partial charge in [0.15, 0.2) is 6.61 Å². The van der Waals surface area contributed by atoms with Gasteiger partial charge in [0.25, 0.3) is 0 Å². The molecule has 0 aliphatic heterocycles. The summed E-state index contributed by atoms with van der Waals surface area (Å²) in [5, 5.41) is 11.5. The van der Waals surface area contributed by atoms with Crippen LogP contribution in [0.15, 0.2) is 42.5 Å². The molecule has 0 bridgehead atoms. The van der Waals surface area contributed by atoms with Gasteiger partial charge in [-0.05, 0) is 62.2 Å². The van der Waals surface area contributed by atoms with Crippen LogP contribution >= 0.6 is 0 Å². The second-order valence-corrected chi connectivity index (χ2v) is 6.25. The molecule has 6 heteroatoms. The van der Waals surface area contributed by atoms with Crippen molar-refractivity contribution in [1.29, 1.82) is 0 Å². The van der Waals surface area contributed by atoms with Gasteiger partial charge in [-0.3, -0.25) is 4.79 Å². The summed E-state index contributed by atoms with van der Waals surface area (Å²) in [5.41, 5.74) is 0.958. The molecule has 0 radical (unpaired) electrons. The van der Waals surface area contributed by atoms with Crippen LogP contribution in [0.5, 0.6) is 5.75 Å². The number of carboxylic acid groups (broad SMARTS) is 1. The fraction of sp³-hybridized carbons (Fsp3) is 0.263. The van der Waals surface area contributed by atoms with Crippen LogP contribution in [-0.4, -0.2) is 23.6 Å². The lowest BCUT2D eigenvalue weighted by atomic mass is 9.83. The average molecular weight is 345 g/mol. The molecule has 2 aromatic rings. The Morgan fingerprint density at radius 3 is 2.52 bits per heavy atom. The second-order valence-electron chi connectivity index (χ2n) is 6.25. The Hall–Kier alpha value is -2.89. The Bertz CT molecular complexity index is 802. The lowest BCUT2D eigenvalue weighted by Crippen LogP contribution is -2.35. The van der Waals surface area contributed by atoms with Crippen molar-refractivity contribution in [2.45, 2.75) is 26.2 Å². The van der Waals surface area contributed by atoms with Crippen molar-refractivity contribution in [2.75, 3.05) is 11.9 Å². The van der Waals surface area contributed by atoms with Crippen molar-refractivity contribution in [2.24, 2.45) is 0 Å². The number of aryl methyl sites for hydroxylation is 1. The van der Waals surface area contributed by atoms with Gasteiger partial charge < -0.3 is 15.2 Å². The van der Waals surface area contributed by atoms with Crippen LogP contribution in [0.1, 0.15) is 25.0 Å². The van der Waals surface area contributed by atoms with E-state index in [0.717, 1.165) is 5.56 Å². The smallest absolute Gasteiger partial charge is 0.341 e. The third-order valence-electron chi connectivity index (χ3n) is 3.92. The molecule has 0 saturated heterocycles. The average Bonchev–Trinajstić information content (AvgIpc) is 2.55. The number of benzene rings is 2. The van der Waals surface area contributed by atoms with E-state index in [1.807, 2.05) is 0 Å². The topological polar surface area (TPSA) is 75.6 Å². The number of ether oxygens (including phenoxy) is 1. The van der Waals surface area contributed by atoms with Crippen LogP contribution in [0.4, 0.5) is 10.1 Å². The maximum Gasteiger partial charge on any atom is 0.341 e. The Balaban J connectivity index is 2.15. The summed E-state index contributed by atoms with van der Waals surface area (Å²) in [6, 6.07) is 10.8. The van der Waals surface area contributed by atoms with Gasteiger partial charge in [0, 0.05) is 5.69 Å². The Morgan fingerprint density at radius 1 is 1.20 bits per heavy atom. The van der Waals surface area contributed by atoms with E-state index in [9.17, 15) is 14.0 Å². The van der Waals surface area contributed by atoms with Crippen molar-refractivity contribution >= 4 is 17.6 Å². The molecule has 0 aliphatic carbocycles. The molecular weight excluding hydrogens is 325 g/mol. The number of hydrogen-bond acceptors (Lipinski definition) is 3. The number of carbonyl (C=O) groups is 2. The molecule has 0 aliphatic rings. The molecule has 0 heterocycles. The van der Waals surface area contributed by atoms with Crippen molar-refractivity contribution in [3.8, 4) is 5.75 Å².